The number of anilines is 2. The first kappa shape index (κ1) is 17.3. The van der Waals surface area contributed by atoms with Crippen LogP contribution in [0, 0.1) is 0 Å². The molecule has 2 N–H and O–H groups in total. The largest absolute Gasteiger partial charge is 0.358 e. The second-order valence-corrected chi connectivity index (χ2v) is 7.10. The van der Waals surface area contributed by atoms with Crippen LogP contribution >= 0.6 is 0 Å². The fourth-order valence-corrected chi connectivity index (χ4v) is 3.77. The number of fused-ring (bicyclic) bond motifs is 3. The Hall–Kier alpha value is -3.08. The monoisotopic (exact) mass is 361 g/mol. The van der Waals surface area contributed by atoms with Gasteiger partial charge in [-0.1, -0.05) is 12.1 Å². The van der Waals surface area contributed by atoms with Gasteiger partial charge in [0.2, 0.25) is 5.91 Å². The van der Waals surface area contributed by atoms with Crippen LogP contribution in [0.25, 0.3) is 10.9 Å². The van der Waals surface area contributed by atoms with Crippen molar-refractivity contribution in [1.82, 2.24) is 4.98 Å². The van der Waals surface area contributed by atoms with Gasteiger partial charge < -0.3 is 15.2 Å². The summed E-state index contributed by atoms with van der Waals surface area (Å²) in [4.78, 5) is 29.4. The Bertz CT molecular complexity index is 1020. The van der Waals surface area contributed by atoms with Gasteiger partial charge in [-0.15, -0.1) is 0 Å². The van der Waals surface area contributed by atoms with Gasteiger partial charge in [0, 0.05) is 36.4 Å². The van der Waals surface area contributed by atoms with Gasteiger partial charge in [-0.3, -0.25) is 9.59 Å². The third kappa shape index (κ3) is 3.21. The van der Waals surface area contributed by atoms with Crippen LogP contribution in [-0.2, 0) is 17.6 Å². The summed E-state index contributed by atoms with van der Waals surface area (Å²) < 4.78 is 0. The zero-order valence-electron chi connectivity index (χ0n) is 15.6. The van der Waals surface area contributed by atoms with E-state index >= 15 is 0 Å². The highest BCUT2D eigenvalue weighted by Crippen LogP contribution is 2.31. The molecule has 0 fully saturated rings. The van der Waals surface area contributed by atoms with E-state index in [9.17, 15) is 9.59 Å². The minimum Gasteiger partial charge on any atom is -0.358 e. The van der Waals surface area contributed by atoms with Crippen molar-refractivity contribution >= 4 is 34.1 Å². The van der Waals surface area contributed by atoms with Gasteiger partial charge in [-0.05, 0) is 61.6 Å². The summed E-state index contributed by atoms with van der Waals surface area (Å²) in [6.45, 7) is 1.52. The normalized spacial score (nSPS) is 13.3. The zero-order valence-corrected chi connectivity index (χ0v) is 15.6. The number of amides is 2. The van der Waals surface area contributed by atoms with Crippen LogP contribution in [0.5, 0.6) is 0 Å². The molecular formula is C22H23N3O2. The van der Waals surface area contributed by atoms with Crippen molar-refractivity contribution in [2.24, 2.45) is 0 Å². The lowest BCUT2D eigenvalue weighted by atomic mass is 9.95. The quantitative estimate of drug-likeness (QED) is 0.731. The van der Waals surface area contributed by atoms with Gasteiger partial charge in [0.05, 0.1) is 11.1 Å². The summed E-state index contributed by atoms with van der Waals surface area (Å²) >= 11 is 0. The van der Waals surface area contributed by atoms with Crippen LogP contribution in [0.15, 0.2) is 42.5 Å². The van der Waals surface area contributed by atoms with Crippen molar-refractivity contribution < 1.29 is 9.59 Å². The molecule has 3 aromatic rings. The number of carbonyl (C=O) groups is 2. The number of hydrogen-bond donors (Lipinski definition) is 2. The second-order valence-electron chi connectivity index (χ2n) is 7.10. The number of H-pyrrole nitrogens is 1. The average Bonchev–Trinajstić information content (AvgIpc) is 3.06. The molecule has 5 heteroatoms. The van der Waals surface area contributed by atoms with Crippen LogP contribution in [0.4, 0.5) is 11.4 Å². The molecule has 27 heavy (non-hydrogen) atoms. The molecule has 2 aromatic carbocycles. The van der Waals surface area contributed by atoms with Crippen molar-refractivity contribution in [3.05, 3.63) is 59.3 Å². The van der Waals surface area contributed by atoms with Crippen molar-refractivity contribution in [3.8, 4) is 0 Å². The van der Waals surface area contributed by atoms with Gasteiger partial charge in [-0.25, -0.2) is 0 Å². The maximum Gasteiger partial charge on any atom is 0.257 e. The molecule has 0 radical (unpaired) electrons. The topological polar surface area (TPSA) is 65.2 Å². The van der Waals surface area contributed by atoms with Gasteiger partial charge in [0.1, 0.15) is 0 Å². The maximum absolute atomic E-state index is 12.9. The zero-order chi connectivity index (χ0) is 19.0. The highest BCUT2D eigenvalue weighted by Gasteiger charge is 2.19. The van der Waals surface area contributed by atoms with Gasteiger partial charge >= 0.3 is 0 Å². The molecule has 0 bridgehead atoms. The molecular weight excluding hydrogens is 338 g/mol. The van der Waals surface area contributed by atoms with E-state index in [-0.39, 0.29) is 11.8 Å². The Labute approximate surface area is 158 Å². The number of hydrogen-bond acceptors (Lipinski definition) is 2. The highest BCUT2D eigenvalue weighted by atomic mass is 16.2. The van der Waals surface area contributed by atoms with E-state index in [2.05, 4.69) is 16.4 Å². The molecule has 2 amide bonds. The minimum atomic E-state index is -0.133. The van der Waals surface area contributed by atoms with Crippen LogP contribution in [0.2, 0.25) is 0 Å². The molecule has 0 spiro atoms. The van der Waals surface area contributed by atoms with E-state index < -0.39 is 0 Å². The summed E-state index contributed by atoms with van der Waals surface area (Å²) in [5, 5.41) is 4.13. The van der Waals surface area contributed by atoms with E-state index in [1.807, 2.05) is 36.4 Å². The molecule has 0 saturated carbocycles. The molecule has 0 unspecified atom stereocenters. The first-order chi connectivity index (χ1) is 13.0. The van der Waals surface area contributed by atoms with Crippen molar-refractivity contribution in [2.45, 2.75) is 32.6 Å². The van der Waals surface area contributed by atoms with Crippen LogP contribution in [0.3, 0.4) is 0 Å². The third-order valence-corrected chi connectivity index (χ3v) is 5.36. The Morgan fingerprint density at radius 3 is 2.52 bits per heavy atom. The number of aromatic nitrogens is 1. The third-order valence-electron chi connectivity index (χ3n) is 5.36. The Kier molecular flexibility index (Phi) is 4.44. The minimum absolute atomic E-state index is 0.0332. The molecule has 4 rings (SSSR count). The first-order valence-corrected chi connectivity index (χ1v) is 9.33. The molecule has 1 aromatic heterocycles. The van der Waals surface area contributed by atoms with E-state index in [0.29, 0.717) is 11.3 Å². The van der Waals surface area contributed by atoms with Crippen LogP contribution < -0.4 is 10.2 Å². The molecule has 1 heterocycles. The number of carbonyl (C=O) groups excluding carboxylic acids is 2. The van der Waals surface area contributed by atoms with E-state index in [1.165, 1.54) is 31.0 Å². The molecule has 1 aliphatic carbocycles. The highest BCUT2D eigenvalue weighted by molar-refractivity contribution is 6.12. The standard InChI is InChI=1S/C22H23N3O2/c1-14(26)25(2)16-12-10-15(11-13-16)23-22(27)19-8-5-7-18-17-6-3-4-9-20(17)24-21(18)19/h5,7-8,10-13,24H,3-4,6,9H2,1-2H3,(H,23,27). The summed E-state index contributed by atoms with van der Waals surface area (Å²) in [7, 11) is 1.73. The van der Waals surface area contributed by atoms with E-state index in [0.717, 1.165) is 29.4 Å². The summed E-state index contributed by atoms with van der Waals surface area (Å²) in [6, 6.07) is 13.2. The molecule has 0 saturated heterocycles. The molecule has 0 aliphatic heterocycles. The maximum atomic E-state index is 12.9. The number of benzene rings is 2. The van der Waals surface area contributed by atoms with Crippen molar-refractivity contribution in [2.75, 3.05) is 17.3 Å². The van der Waals surface area contributed by atoms with Gasteiger partial charge in [-0.2, -0.15) is 0 Å². The van der Waals surface area contributed by atoms with Gasteiger partial charge in [0.25, 0.3) is 5.91 Å². The molecule has 1 aliphatic rings. The SMILES string of the molecule is CC(=O)N(C)c1ccc(NC(=O)c2cccc3c4c([nH]c23)CCCC4)cc1. The lowest BCUT2D eigenvalue weighted by Gasteiger charge is -2.15. The fraction of sp³-hybridized carbons (Fsp3) is 0.273. The number of aryl methyl sites for hydroxylation is 2. The van der Waals surface area contributed by atoms with Gasteiger partial charge in [0.15, 0.2) is 0 Å². The number of para-hydroxylation sites is 1. The molecule has 0 atom stereocenters. The average molecular weight is 361 g/mol. The predicted octanol–water partition coefficient (Wildman–Crippen LogP) is 4.28. The fourth-order valence-electron chi connectivity index (χ4n) is 3.77. The Morgan fingerprint density at radius 2 is 1.78 bits per heavy atom. The molecule has 5 nitrogen and oxygen atoms in total. The van der Waals surface area contributed by atoms with Crippen molar-refractivity contribution in [1.29, 1.82) is 0 Å². The molecule has 138 valence electrons. The number of nitrogens with zero attached hydrogens (tertiary/aromatic N) is 1. The lowest BCUT2D eigenvalue weighted by molar-refractivity contribution is -0.116. The van der Waals surface area contributed by atoms with Crippen LogP contribution in [-0.4, -0.2) is 23.8 Å². The Morgan fingerprint density at radius 1 is 1.04 bits per heavy atom. The first-order valence-electron chi connectivity index (χ1n) is 9.33. The number of aromatic amines is 1. The number of rotatable bonds is 3. The van der Waals surface area contributed by atoms with Crippen LogP contribution in [0.1, 0.15) is 41.4 Å². The summed E-state index contributed by atoms with van der Waals surface area (Å²) in [6.07, 6.45) is 4.53. The van der Waals surface area contributed by atoms with Crippen molar-refractivity contribution in [3.63, 3.8) is 0 Å². The summed E-state index contributed by atoms with van der Waals surface area (Å²) in [5.74, 6) is -0.166. The Balaban J connectivity index is 1.60. The smallest absolute Gasteiger partial charge is 0.257 e. The second kappa shape index (κ2) is 6.91. The lowest BCUT2D eigenvalue weighted by Crippen LogP contribution is -2.22. The van der Waals surface area contributed by atoms with E-state index in [4.69, 9.17) is 0 Å². The summed E-state index contributed by atoms with van der Waals surface area (Å²) in [5.41, 5.74) is 5.71. The van der Waals surface area contributed by atoms with E-state index in [1.54, 1.807) is 11.9 Å². The predicted molar refractivity (Wildman–Crippen MR) is 108 cm³/mol. The number of nitrogens with one attached hydrogen (secondary N) is 2.